The van der Waals surface area contributed by atoms with Crippen LogP contribution in [0.5, 0.6) is 0 Å². The topological polar surface area (TPSA) is 29.1 Å². The monoisotopic (exact) mass is 235 g/mol. The summed E-state index contributed by atoms with van der Waals surface area (Å²) >= 11 is 0. The lowest BCUT2D eigenvalue weighted by Gasteiger charge is -2.10. The van der Waals surface area contributed by atoms with Crippen molar-refractivity contribution >= 4 is 5.91 Å². The summed E-state index contributed by atoms with van der Waals surface area (Å²) in [6, 6.07) is 8.05. The quantitative estimate of drug-likeness (QED) is 0.857. The highest BCUT2D eigenvalue weighted by atomic mass is 19.1. The van der Waals surface area contributed by atoms with E-state index in [1.165, 1.54) is 5.56 Å². The molecule has 1 amide bonds. The van der Waals surface area contributed by atoms with Gasteiger partial charge < -0.3 is 5.32 Å². The Balaban J connectivity index is 1.82. The van der Waals surface area contributed by atoms with E-state index < -0.39 is 6.17 Å². The van der Waals surface area contributed by atoms with E-state index in [4.69, 9.17) is 0 Å². The van der Waals surface area contributed by atoms with Crippen LogP contribution in [0.3, 0.4) is 0 Å². The molecule has 2 atom stereocenters. The van der Waals surface area contributed by atoms with Crippen molar-refractivity contribution in [1.29, 1.82) is 0 Å². The highest BCUT2D eigenvalue weighted by Crippen LogP contribution is 2.27. The smallest absolute Gasteiger partial charge is 0.223 e. The maximum atomic E-state index is 13.0. The lowest BCUT2D eigenvalue weighted by molar-refractivity contribution is -0.125. The van der Waals surface area contributed by atoms with Gasteiger partial charge in [0.15, 0.2) is 0 Å². The molecule has 17 heavy (non-hydrogen) atoms. The van der Waals surface area contributed by atoms with Crippen molar-refractivity contribution in [3.05, 3.63) is 35.4 Å². The predicted molar refractivity (Wildman–Crippen MR) is 65.3 cm³/mol. The van der Waals surface area contributed by atoms with E-state index in [0.29, 0.717) is 25.8 Å². The number of hydrogen-bond donors (Lipinski definition) is 1. The van der Waals surface area contributed by atoms with Gasteiger partial charge in [-0.3, -0.25) is 4.79 Å². The molecule has 2 nitrogen and oxygen atoms in total. The number of rotatable bonds is 3. The molecule has 0 unspecified atom stereocenters. The summed E-state index contributed by atoms with van der Waals surface area (Å²) in [4.78, 5) is 11.8. The molecule has 1 aliphatic carbocycles. The molecule has 1 aromatic carbocycles. The number of carbonyl (C=O) groups is 1. The summed E-state index contributed by atoms with van der Waals surface area (Å²) < 4.78 is 13.0. The van der Waals surface area contributed by atoms with Crippen molar-refractivity contribution in [2.75, 3.05) is 0 Å². The number of nitrogens with one attached hydrogen (secondary N) is 1. The van der Waals surface area contributed by atoms with Crippen LogP contribution in [-0.2, 0) is 11.3 Å². The Morgan fingerprint density at radius 3 is 2.65 bits per heavy atom. The number of benzene rings is 1. The molecule has 0 radical (unpaired) electrons. The number of halogens is 1. The molecular formula is C14H18FNO. The normalized spacial score (nSPS) is 23.6. The number of alkyl halides is 1. The average molecular weight is 235 g/mol. The fourth-order valence-corrected chi connectivity index (χ4v) is 2.20. The zero-order chi connectivity index (χ0) is 12.3. The molecular weight excluding hydrogens is 217 g/mol. The summed E-state index contributed by atoms with van der Waals surface area (Å²) in [7, 11) is 0. The van der Waals surface area contributed by atoms with Crippen LogP contribution >= 0.6 is 0 Å². The van der Waals surface area contributed by atoms with E-state index >= 15 is 0 Å². The summed E-state index contributed by atoms with van der Waals surface area (Å²) in [6.45, 7) is 2.56. The fraction of sp³-hybridized carbons (Fsp3) is 0.500. The van der Waals surface area contributed by atoms with Crippen LogP contribution in [0.4, 0.5) is 4.39 Å². The van der Waals surface area contributed by atoms with Gasteiger partial charge >= 0.3 is 0 Å². The van der Waals surface area contributed by atoms with Gasteiger partial charge in [-0.1, -0.05) is 29.8 Å². The summed E-state index contributed by atoms with van der Waals surface area (Å²) in [5.41, 5.74) is 2.29. The van der Waals surface area contributed by atoms with Crippen molar-refractivity contribution < 1.29 is 9.18 Å². The maximum absolute atomic E-state index is 13.0. The van der Waals surface area contributed by atoms with Gasteiger partial charge in [-0.25, -0.2) is 4.39 Å². The lowest BCUT2D eigenvalue weighted by atomic mass is 10.1. The Morgan fingerprint density at radius 1 is 1.35 bits per heavy atom. The second-order valence-electron chi connectivity index (χ2n) is 4.81. The molecule has 0 saturated heterocycles. The largest absolute Gasteiger partial charge is 0.352 e. The summed E-state index contributed by atoms with van der Waals surface area (Å²) in [5.74, 6) is -0.138. The van der Waals surface area contributed by atoms with Crippen molar-refractivity contribution in [2.45, 2.75) is 38.9 Å². The zero-order valence-corrected chi connectivity index (χ0v) is 10.1. The van der Waals surface area contributed by atoms with Gasteiger partial charge in [0.2, 0.25) is 5.91 Å². The van der Waals surface area contributed by atoms with Crippen LogP contribution < -0.4 is 5.32 Å². The molecule has 92 valence electrons. The molecule has 1 aromatic rings. The number of aryl methyl sites for hydroxylation is 1. The van der Waals surface area contributed by atoms with Crippen molar-refractivity contribution in [2.24, 2.45) is 5.92 Å². The first-order valence-electron chi connectivity index (χ1n) is 6.12. The Hall–Kier alpha value is -1.38. The molecule has 0 bridgehead atoms. The number of hydrogen-bond acceptors (Lipinski definition) is 1. The minimum Gasteiger partial charge on any atom is -0.352 e. The lowest BCUT2D eigenvalue weighted by Crippen LogP contribution is -2.29. The van der Waals surface area contributed by atoms with Gasteiger partial charge in [0.25, 0.3) is 0 Å². The molecule has 0 aliphatic heterocycles. The Labute approximate surface area is 101 Å². The van der Waals surface area contributed by atoms with Crippen LogP contribution in [0.15, 0.2) is 24.3 Å². The van der Waals surface area contributed by atoms with Gasteiger partial charge in [-0.15, -0.1) is 0 Å². The molecule has 0 heterocycles. The predicted octanol–water partition coefficient (Wildman–Crippen LogP) is 2.75. The van der Waals surface area contributed by atoms with Crippen LogP contribution in [0, 0.1) is 12.8 Å². The first kappa shape index (κ1) is 12.1. The van der Waals surface area contributed by atoms with Crippen molar-refractivity contribution in [3.8, 4) is 0 Å². The SMILES string of the molecule is Cc1ccc(CNC(=O)[C@@H]2CC[C@H](F)C2)cc1. The van der Waals surface area contributed by atoms with Crippen molar-refractivity contribution in [3.63, 3.8) is 0 Å². The molecule has 1 saturated carbocycles. The van der Waals surface area contributed by atoms with E-state index in [1.54, 1.807) is 0 Å². The van der Waals surface area contributed by atoms with E-state index in [2.05, 4.69) is 5.32 Å². The maximum Gasteiger partial charge on any atom is 0.223 e. The van der Waals surface area contributed by atoms with Crippen LogP contribution in [0.1, 0.15) is 30.4 Å². The third-order valence-corrected chi connectivity index (χ3v) is 3.33. The Morgan fingerprint density at radius 2 is 2.06 bits per heavy atom. The summed E-state index contributed by atoms with van der Waals surface area (Å²) in [5, 5.41) is 2.88. The second-order valence-corrected chi connectivity index (χ2v) is 4.81. The van der Waals surface area contributed by atoms with Crippen LogP contribution in [-0.4, -0.2) is 12.1 Å². The summed E-state index contributed by atoms with van der Waals surface area (Å²) in [6.07, 6.45) is 0.814. The van der Waals surface area contributed by atoms with Gasteiger partial charge in [0.05, 0.1) is 0 Å². The Bertz CT molecular complexity index is 388. The molecule has 3 heteroatoms. The van der Waals surface area contributed by atoms with Crippen LogP contribution in [0.25, 0.3) is 0 Å². The first-order chi connectivity index (χ1) is 8.15. The minimum absolute atomic E-state index is 0.00859. The van der Waals surface area contributed by atoms with E-state index in [-0.39, 0.29) is 11.8 Å². The van der Waals surface area contributed by atoms with Gasteiger partial charge in [-0.2, -0.15) is 0 Å². The molecule has 0 aromatic heterocycles. The van der Waals surface area contributed by atoms with Gasteiger partial charge in [0, 0.05) is 12.5 Å². The molecule has 1 N–H and O–H groups in total. The number of amides is 1. The van der Waals surface area contributed by atoms with Crippen LogP contribution in [0.2, 0.25) is 0 Å². The standard InChI is InChI=1S/C14H18FNO/c1-10-2-4-11(5-3-10)9-16-14(17)12-6-7-13(15)8-12/h2-5,12-13H,6-9H2,1H3,(H,16,17)/t12-,13+/m1/s1. The van der Waals surface area contributed by atoms with E-state index in [9.17, 15) is 9.18 Å². The van der Waals surface area contributed by atoms with Gasteiger partial charge in [-0.05, 0) is 31.7 Å². The molecule has 1 aliphatic rings. The van der Waals surface area contributed by atoms with E-state index in [1.807, 2.05) is 31.2 Å². The molecule has 2 rings (SSSR count). The highest BCUT2D eigenvalue weighted by Gasteiger charge is 2.29. The third-order valence-electron chi connectivity index (χ3n) is 3.33. The fourth-order valence-electron chi connectivity index (χ4n) is 2.20. The second kappa shape index (κ2) is 5.30. The average Bonchev–Trinajstić information content (AvgIpc) is 2.75. The highest BCUT2D eigenvalue weighted by molar-refractivity contribution is 5.78. The zero-order valence-electron chi connectivity index (χ0n) is 10.1. The van der Waals surface area contributed by atoms with Crippen molar-refractivity contribution in [1.82, 2.24) is 5.32 Å². The minimum atomic E-state index is -0.787. The Kier molecular flexibility index (Phi) is 3.77. The van der Waals surface area contributed by atoms with E-state index in [0.717, 1.165) is 5.56 Å². The number of carbonyl (C=O) groups excluding carboxylic acids is 1. The van der Waals surface area contributed by atoms with Gasteiger partial charge in [0.1, 0.15) is 6.17 Å². The third kappa shape index (κ3) is 3.29. The molecule has 1 fully saturated rings. The molecule has 0 spiro atoms. The first-order valence-corrected chi connectivity index (χ1v) is 6.12.